The average molecular weight is 143 g/mol. The summed E-state index contributed by atoms with van der Waals surface area (Å²) in [5, 5.41) is 3.40. The van der Waals surface area contributed by atoms with Gasteiger partial charge in [0, 0.05) is 16.2 Å². The number of nitrogens with zero attached hydrogens (tertiary/aromatic N) is 3. The van der Waals surface area contributed by atoms with Crippen LogP contribution in [0.5, 0.6) is 0 Å². The van der Waals surface area contributed by atoms with Crippen LogP contribution in [-0.4, -0.2) is 0 Å². The van der Waals surface area contributed by atoms with Gasteiger partial charge in [0.2, 0.25) is 0 Å². The largest absolute Gasteiger partial charge is 0.115 e. The van der Waals surface area contributed by atoms with Crippen LogP contribution in [0.4, 0.5) is 5.69 Å². The van der Waals surface area contributed by atoms with Crippen LogP contribution in [0.15, 0.2) is 29.4 Å². The maximum Gasteiger partial charge on any atom is 0.0387 e. The Kier molecular flexibility index (Phi) is 2.16. The summed E-state index contributed by atoms with van der Waals surface area (Å²) >= 11 is 0. The van der Waals surface area contributed by atoms with E-state index in [9.17, 15) is 0 Å². The molecule has 3 nitrogen and oxygen atoms in total. The molecule has 0 aliphatic heterocycles. The fourth-order valence-electron chi connectivity index (χ4n) is 0.710. The topological polar surface area (TPSA) is 48.8 Å². The summed E-state index contributed by atoms with van der Waals surface area (Å²) in [7, 11) is 0. The lowest BCUT2D eigenvalue weighted by atomic mass is 10.2. The first-order valence-corrected chi connectivity index (χ1v) is 2.98. The zero-order chi connectivity index (χ0) is 8.10. The zero-order valence-corrected chi connectivity index (χ0v) is 5.73. The number of hydrogen-bond acceptors (Lipinski definition) is 1. The molecular formula is C8H5N3. The van der Waals surface area contributed by atoms with Crippen molar-refractivity contribution < 1.29 is 0 Å². The van der Waals surface area contributed by atoms with Crippen LogP contribution in [-0.2, 0) is 0 Å². The van der Waals surface area contributed by atoms with Gasteiger partial charge in [0.1, 0.15) is 0 Å². The predicted molar refractivity (Wildman–Crippen MR) is 43.2 cm³/mol. The standard InChI is InChI=1S/C8H5N3/c1-2-7-4-3-5-8(6-7)10-11-9/h1,3-6H. The van der Waals surface area contributed by atoms with Crippen molar-refractivity contribution >= 4 is 5.69 Å². The molecule has 0 atom stereocenters. The van der Waals surface area contributed by atoms with Gasteiger partial charge in [0.15, 0.2) is 0 Å². The number of hydrogen-bond donors (Lipinski definition) is 0. The number of rotatable bonds is 1. The van der Waals surface area contributed by atoms with Crippen LogP contribution in [0.1, 0.15) is 5.56 Å². The molecule has 0 aliphatic rings. The van der Waals surface area contributed by atoms with Gasteiger partial charge in [-0.3, -0.25) is 0 Å². The third-order valence-corrected chi connectivity index (χ3v) is 1.17. The summed E-state index contributed by atoms with van der Waals surface area (Å²) in [5.41, 5.74) is 9.35. The van der Waals surface area contributed by atoms with E-state index < -0.39 is 0 Å². The van der Waals surface area contributed by atoms with E-state index in [1.807, 2.05) is 0 Å². The molecule has 0 fully saturated rings. The fraction of sp³-hybridized carbons (Fsp3) is 0. The van der Waals surface area contributed by atoms with Crippen molar-refractivity contribution in [2.75, 3.05) is 0 Å². The van der Waals surface area contributed by atoms with Crippen molar-refractivity contribution in [2.24, 2.45) is 5.11 Å². The van der Waals surface area contributed by atoms with Gasteiger partial charge < -0.3 is 0 Å². The van der Waals surface area contributed by atoms with Crippen LogP contribution in [0.25, 0.3) is 10.4 Å². The lowest BCUT2D eigenvalue weighted by Crippen LogP contribution is -1.69. The molecule has 0 bridgehead atoms. The summed E-state index contributed by atoms with van der Waals surface area (Å²) < 4.78 is 0. The Morgan fingerprint density at radius 1 is 1.55 bits per heavy atom. The minimum Gasteiger partial charge on any atom is -0.115 e. The van der Waals surface area contributed by atoms with Crippen molar-refractivity contribution in [2.45, 2.75) is 0 Å². The highest BCUT2D eigenvalue weighted by Crippen LogP contribution is 2.12. The van der Waals surface area contributed by atoms with Gasteiger partial charge in [-0.1, -0.05) is 23.2 Å². The molecule has 0 saturated heterocycles. The SMILES string of the molecule is C#Cc1cccc(N=[N+]=[N-])c1. The second-order valence-corrected chi connectivity index (χ2v) is 1.88. The Balaban J connectivity index is 3.12. The third-order valence-electron chi connectivity index (χ3n) is 1.17. The molecule has 0 N–H and O–H groups in total. The van der Waals surface area contributed by atoms with E-state index in [2.05, 4.69) is 15.9 Å². The molecule has 1 rings (SSSR count). The van der Waals surface area contributed by atoms with Gasteiger partial charge in [0.05, 0.1) is 0 Å². The summed E-state index contributed by atoms with van der Waals surface area (Å²) in [6.45, 7) is 0. The van der Waals surface area contributed by atoms with Crippen molar-refractivity contribution in [1.29, 1.82) is 0 Å². The first-order valence-electron chi connectivity index (χ1n) is 2.98. The van der Waals surface area contributed by atoms with Crippen molar-refractivity contribution in [1.82, 2.24) is 0 Å². The number of terminal acetylenes is 1. The van der Waals surface area contributed by atoms with E-state index in [4.69, 9.17) is 12.0 Å². The van der Waals surface area contributed by atoms with E-state index in [0.717, 1.165) is 5.56 Å². The van der Waals surface area contributed by atoms with Gasteiger partial charge in [-0.2, -0.15) is 0 Å². The lowest BCUT2D eigenvalue weighted by molar-refractivity contribution is 1.47. The second kappa shape index (κ2) is 3.31. The van der Waals surface area contributed by atoms with Gasteiger partial charge >= 0.3 is 0 Å². The van der Waals surface area contributed by atoms with Gasteiger partial charge in [-0.25, -0.2) is 0 Å². The first-order chi connectivity index (χ1) is 5.36. The summed E-state index contributed by atoms with van der Waals surface area (Å²) in [4.78, 5) is 2.64. The highest BCUT2D eigenvalue weighted by molar-refractivity contribution is 5.45. The van der Waals surface area contributed by atoms with Crippen LogP contribution in [0, 0.1) is 12.3 Å². The zero-order valence-electron chi connectivity index (χ0n) is 5.73. The first kappa shape index (κ1) is 7.20. The maximum absolute atomic E-state index is 8.09. The molecule has 3 heteroatoms. The summed E-state index contributed by atoms with van der Waals surface area (Å²) in [6.07, 6.45) is 5.13. The van der Waals surface area contributed by atoms with E-state index >= 15 is 0 Å². The quantitative estimate of drug-likeness (QED) is 0.251. The van der Waals surface area contributed by atoms with Crippen LogP contribution < -0.4 is 0 Å². The van der Waals surface area contributed by atoms with Crippen molar-refractivity contribution in [3.8, 4) is 12.3 Å². The maximum atomic E-state index is 8.09. The van der Waals surface area contributed by atoms with E-state index in [1.165, 1.54) is 0 Å². The molecule has 0 aliphatic carbocycles. The normalized spacial score (nSPS) is 7.91. The smallest absolute Gasteiger partial charge is 0.0387 e. The van der Waals surface area contributed by atoms with Gasteiger partial charge in [-0.05, 0) is 17.7 Å². The minimum absolute atomic E-state index is 0.544. The third kappa shape index (κ3) is 1.75. The Morgan fingerprint density at radius 2 is 2.36 bits per heavy atom. The monoisotopic (exact) mass is 143 g/mol. The summed E-state index contributed by atoms with van der Waals surface area (Å²) in [5.74, 6) is 2.44. The average Bonchev–Trinajstić information content (AvgIpc) is 2.06. The number of azide groups is 1. The molecule has 1 aromatic rings. The van der Waals surface area contributed by atoms with E-state index in [-0.39, 0.29) is 0 Å². The predicted octanol–water partition coefficient (Wildman–Crippen LogP) is 2.61. The van der Waals surface area contributed by atoms with Crippen LogP contribution in [0.2, 0.25) is 0 Å². The Morgan fingerprint density at radius 3 is 3.00 bits per heavy atom. The Hall–Kier alpha value is -1.91. The molecule has 52 valence electrons. The molecule has 0 saturated carbocycles. The molecule has 11 heavy (non-hydrogen) atoms. The molecule has 1 aromatic carbocycles. The molecule has 0 spiro atoms. The number of benzene rings is 1. The van der Waals surface area contributed by atoms with E-state index in [1.54, 1.807) is 24.3 Å². The molecule has 0 amide bonds. The van der Waals surface area contributed by atoms with Crippen molar-refractivity contribution in [3.05, 3.63) is 40.3 Å². The highest BCUT2D eigenvalue weighted by Gasteiger charge is 1.87. The van der Waals surface area contributed by atoms with Gasteiger partial charge in [-0.15, -0.1) is 6.42 Å². The van der Waals surface area contributed by atoms with E-state index in [0.29, 0.717) is 5.69 Å². The summed E-state index contributed by atoms with van der Waals surface area (Å²) in [6, 6.07) is 6.87. The minimum atomic E-state index is 0.544. The van der Waals surface area contributed by atoms with Crippen molar-refractivity contribution in [3.63, 3.8) is 0 Å². The lowest BCUT2D eigenvalue weighted by Gasteiger charge is -1.90. The molecule has 0 aromatic heterocycles. The highest BCUT2D eigenvalue weighted by atomic mass is 15.1. The molecule has 0 radical (unpaired) electrons. The fourth-order valence-corrected chi connectivity index (χ4v) is 0.710. The van der Waals surface area contributed by atoms with Gasteiger partial charge in [0.25, 0.3) is 0 Å². The molecule has 0 unspecified atom stereocenters. The second-order valence-electron chi connectivity index (χ2n) is 1.88. The molecule has 0 heterocycles. The molecular weight excluding hydrogens is 138 g/mol. The van der Waals surface area contributed by atoms with Crippen LogP contribution >= 0.6 is 0 Å². The Bertz CT molecular complexity index is 343. The van der Waals surface area contributed by atoms with Crippen LogP contribution in [0.3, 0.4) is 0 Å². The Labute approximate surface area is 64.3 Å².